The van der Waals surface area contributed by atoms with Crippen molar-refractivity contribution in [3.63, 3.8) is 0 Å². The standard InChI is InChI=1S/C15H21ClN4O/c1-4-10(5-2)15-12(9-17)18-19-20(15)13-8-11(16)6-7-14(13)21-3/h6-8,10H,4-5,9,17H2,1-3H3. The van der Waals surface area contributed by atoms with Gasteiger partial charge in [0.1, 0.15) is 17.1 Å². The fourth-order valence-electron chi connectivity index (χ4n) is 2.56. The number of hydrogen-bond donors (Lipinski definition) is 1. The van der Waals surface area contributed by atoms with Crippen LogP contribution in [0.25, 0.3) is 5.69 Å². The maximum absolute atomic E-state index is 6.12. The molecule has 2 N–H and O–H groups in total. The molecule has 0 aliphatic rings. The second-order valence-corrected chi connectivity index (χ2v) is 5.30. The molecule has 1 aromatic heterocycles. The number of rotatable bonds is 6. The largest absolute Gasteiger partial charge is 0.494 e. The minimum atomic E-state index is 0.349. The number of nitrogens with zero attached hydrogens (tertiary/aromatic N) is 3. The third-order valence-corrected chi connectivity index (χ3v) is 3.95. The number of aromatic nitrogens is 3. The molecule has 1 heterocycles. The number of methoxy groups -OCH3 is 1. The second-order valence-electron chi connectivity index (χ2n) is 4.87. The van der Waals surface area contributed by atoms with Crippen molar-refractivity contribution in [1.82, 2.24) is 15.0 Å². The molecule has 1 aromatic carbocycles. The van der Waals surface area contributed by atoms with E-state index in [4.69, 9.17) is 22.1 Å². The second kappa shape index (κ2) is 6.91. The van der Waals surface area contributed by atoms with E-state index in [9.17, 15) is 0 Å². The van der Waals surface area contributed by atoms with Crippen LogP contribution in [-0.2, 0) is 6.54 Å². The topological polar surface area (TPSA) is 66.0 Å². The van der Waals surface area contributed by atoms with Crippen molar-refractivity contribution < 1.29 is 4.74 Å². The normalized spacial score (nSPS) is 11.1. The summed E-state index contributed by atoms with van der Waals surface area (Å²) in [5.74, 6) is 1.06. The number of hydrogen-bond acceptors (Lipinski definition) is 4. The van der Waals surface area contributed by atoms with Gasteiger partial charge in [-0.05, 0) is 31.0 Å². The lowest BCUT2D eigenvalue weighted by Gasteiger charge is -2.17. The Labute approximate surface area is 130 Å². The Hall–Kier alpha value is -1.59. The molecule has 0 spiro atoms. The molecule has 0 aliphatic heterocycles. The Kier molecular flexibility index (Phi) is 5.20. The van der Waals surface area contributed by atoms with E-state index in [1.807, 2.05) is 16.8 Å². The van der Waals surface area contributed by atoms with Gasteiger partial charge in [0.15, 0.2) is 0 Å². The monoisotopic (exact) mass is 308 g/mol. The highest BCUT2D eigenvalue weighted by Gasteiger charge is 2.22. The van der Waals surface area contributed by atoms with E-state index in [1.54, 1.807) is 13.2 Å². The van der Waals surface area contributed by atoms with E-state index in [-0.39, 0.29) is 0 Å². The summed E-state index contributed by atoms with van der Waals surface area (Å²) in [6.45, 7) is 4.68. The summed E-state index contributed by atoms with van der Waals surface area (Å²) in [5, 5.41) is 9.12. The van der Waals surface area contributed by atoms with Gasteiger partial charge in [0, 0.05) is 17.5 Å². The molecule has 114 valence electrons. The summed E-state index contributed by atoms with van der Waals surface area (Å²) in [4.78, 5) is 0. The summed E-state index contributed by atoms with van der Waals surface area (Å²) < 4.78 is 7.23. The van der Waals surface area contributed by atoms with Gasteiger partial charge >= 0.3 is 0 Å². The molecule has 21 heavy (non-hydrogen) atoms. The van der Waals surface area contributed by atoms with Crippen molar-refractivity contribution in [2.24, 2.45) is 5.73 Å². The first-order valence-corrected chi connectivity index (χ1v) is 7.52. The van der Waals surface area contributed by atoms with Crippen LogP contribution in [0.5, 0.6) is 5.75 Å². The minimum absolute atomic E-state index is 0.349. The molecule has 2 rings (SSSR count). The van der Waals surface area contributed by atoms with Gasteiger partial charge in [-0.15, -0.1) is 5.10 Å². The van der Waals surface area contributed by atoms with Crippen molar-refractivity contribution in [1.29, 1.82) is 0 Å². The van der Waals surface area contributed by atoms with Gasteiger partial charge in [0.05, 0.1) is 12.8 Å². The fourth-order valence-corrected chi connectivity index (χ4v) is 2.72. The van der Waals surface area contributed by atoms with Gasteiger partial charge in [-0.25, -0.2) is 4.68 Å². The van der Waals surface area contributed by atoms with E-state index in [2.05, 4.69) is 24.2 Å². The van der Waals surface area contributed by atoms with Crippen LogP contribution in [0.4, 0.5) is 0 Å². The van der Waals surface area contributed by atoms with Crippen LogP contribution in [0.15, 0.2) is 18.2 Å². The highest BCUT2D eigenvalue weighted by Crippen LogP contribution is 2.32. The van der Waals surface area contributed by atoms with Crippen LogP contribution < -0.4 is 10.5 Å². The van der Waals surface area contributed by atoms with E-state index in [0.29, 0.717) is 23.2 Å². The Balaban J connectivity index is 2.64. The quantitative estimate of drug-likeness (QED) is 0.889. The summed E-state index contributed by atoms with van der Waals surface area (Å²) in [5.41, 5.74) is 8.48. The molecule has 0 bridgehead atoms. The van der Waals surface area contributed by atoms with Crippen LogP contribution >= 0.6 is 11.6 Å². The summed E-state index contributed by atoms with van der Waals surface area (Å²) in [6, 6.07) is 5.46. The van der Waals surface area contributed by atoms with Gasteiger partial charge < -0.3 is 10.5 Å². The molecule has 0 amide bonds. The summed E-state index contributed by atoms with van der Waals surface area (Å²) in [7, 11) is 1.63. The molecule has 0 atom stereocenters. The first kappa shape index (κ1) is 15.8. The Morgan fingerprint density at radius 1 is 1.33 bits per heavy atom. The maximum atomic E-state index is 6.12. The lowest BCUT2D eigenvalue weighted by atomic mass is 9.97. The first-order chi connectivity index (χ1) is 10.2. The molecule has 0 radical (unpaired) electrons. The SMILES string of the molecule is CCC(CC)c1c(CN)nnn1-c1cc(Cl)ccc1OC. The van der Waals surface area contributed by atoms with Gasteiger partial charge in [-0.2, -0.15) is 0 Å². The van der Waals surface area contributed by atoms with Crippen LogP contribution in [0.3, 0.4) is 0 Å². The Bertz CT molecular complexity index is 608. The number of benzene rings is 1. The average Bonchev–Trinajstić information content (AvgIpc) is 2.92. The summed E-state index contributed by atoms with van der Waals surface area (Å²) >= 11 is 6.12. The summed E-state index contributed by atoms with van der Waals surface area (Å²) in [6.07, 6.45) is 2.00. The van der Waals surface area contributed by atoms with Crippen molar-refractivity contribution in [3.05, 3.63) is 34.6 Å². The molecule has 0 saturated heterocycles. The van der Waals surface area contributed by atoms with Crippen molar-refractivity contribution in [3.8, 4) is 11.4 Å². The molecule has 0 saturated carbocycles. The van der Waals surface area contributed by atoms with E-state index in [0.717, 1.165) is 29.9 Å². The molecular formula is C15H21ClN4O. The van der Waals surface area contributed by atoms with Crippen LogP contribution in [0.2, 0.25) is 5.02 Å². The highest BCUT2D eigenvalue weighted by atomic mass is 35.5. The molecule has 6 heteroatoms. The third-order valence-electron chi connectivity index (χ3n) is 3.71. The third kappa shape index (κ3) is 3.04. The molecule has 0 aliphatic carbocycles. The Morgan fingerprint density at radius 3 is 2.62 bits per heavy atom. The predicted molar refractivity (Wildman–Crippen MR) is 84.1 cm³/mol. The number of halogens is 1. The van der Waals surface area contributed by atoms with Crippen molar-refractivity contribution in [2.45, 2.75) is 39.2 Å². The van der Waals surface area contributed by atoms with Crippen LogP contribution in [0.1, 0.15) is 44.0 Å². The minimum Gasteiger partial charge on any atom is -0.494 e. The van der Waals surface area contributed by atoms with Crippen molar-refractivity contribution >= 4 is 11.6 Å². The average molecular weight is 309 g/mol. The van der Waals surface area contributed by atoms with Gasteiger partial charge in [-0.1, -0.05) is 30.7 Å². The van der Waals surface area contributed by atoms with Crippen molar-refractivity contribution in [2.75, 3.05) is 7.11 Å². The first-order valence-electron chi connectivity index (χ1n) is 7.14. The molecular weight excluding hydrogens is 288 g/mol. The zero-order valence-electron chi connectivity index (χ0n) is 12.6. The van der Waals surface area contributed by atoms with Gasteiger partial charge in [0.2, 0.25) is 0 Å². The Morgan fingerprint density at radius 2 is 2.05 bits per heavy atom. The molecule has 5 nitrogen and oxygen atoms in total. The van der Waals surface area contributed by atoms with Crippen LogP contribution in [-0.4, -0.2) is 22.1 Å². The van der Waals surface area contributed by atoms with E-state index < -0.39 is 0 Å². The number of nitrogens with two attached hydrogens (primary N) is 1. The molecule has 0 unspecified atom stereocenters. The van der Waals surface area contributed by atoms with Crippen LogP contribution in [0, 0.1) is 0 Å². The van der Waals surface area contributed by atoms with Gasteiger partial charge in [0.25, 0.3) is 0 Å². The lowest BCUT2D eigenvalue weighted by molar-refractivity contribution is 0.410. The highest BCUT2D eigenvalue weighted by molar-refractivity contribution is 6.30. The predicted octanol–water partition coefficient (Wildman–Crippen LogP) is 3.29. The fraction of sp³-hybridized carbons (Fsp3) is 0.467. The lowest BCUT2D eigenvalue weighted by Crippen LogP contribution is -2.11. The zero-order valence-corrected chi connectivity index (χ0v) is 13.4. The molecule has 0 fully saturated rings. The zero-order chi connectivity index (χ0) is 15.4. The molecule has 2 aromatic rings. The maximum Gasteiger partial charge on any atom is 0.144 e. The number of ether oxygens (including phenoxy) is 1. The van der Waals surface area contributed by atoms with Gasteiger partial charge in [-0.3, -0.25) is 0 Å². The smallest absolute Gasteiger partial charge is 0.144 e. The van der Waals surface area contributed by atoms with E-state index in [1.165, 1.54) is 0 Å². The van der Waals surface area contributed by atoms with E-state index >= 15 is 0 Å².